The van der Waals surface area contributed by atoms with Gasteiger partial charge in [-0.15, -0.1) is 0 Å². The molecule has 2 aromatic rings. The van der Waals surface area contributed by atoms with Gasteiger partial charge < -0.3 is 28.3 Å². The van der Waals surface area contributed by atoms with E-state index in [1.54, 1.807) is 19.1 Å². The first kappa shape index (κ1) is 38.7. The van der Waals surface area contributed by atoms with Crippen molar-refractivity contribution in [1.82, 2.24) is 4.72 Å². The molecule has 0 spiro atoms. The number of ether oxygens (including phenoxy) is 4. The molecule has 0 radical (unpaired) electrons. The number of hydrogen-bond donors (Lipinski definition) is 1. The van der Waals surface area contributed by atoms with Crippen molar-refractivity contribution in [2.75, 3.05) is 6.54 Å². The van der Waals surface area contributed by atoms with Gasteiger partial charge in [0.15, 0.2) is 18.3 Å². The highest BCUT2D eigenvalue weighted by Crippen LogP contribution is 2.36. The van der Waals surface area contributed by atoms with E-state index in [0.29, 0.717) is 0 Å². The Labute approximate surface area is 282 Å². The quantitative estimate of drug-likeness (QED) is 0.175. The van der Waals surface area contributed by atoms with Crippen molar-refractivity contribution in [2.45, 2.75) is 109 Å². The molecule has 15 heteroatoms. The molecule has 13 nitrogen and oxygen atoms in total. The zero-order valence-corrected chi connectivity index (χ0v) is 29.5. The molecule has 1 heterocycles. The summed E-state index contributed by atoms with van der Waals surface area (Å²) in [5.74, 6) is -3.16. The van der Waals surface area contributed by atoms with Gasteiger partial charge in [0.25, 0.3) is 0 Å². The molecule has 48 heavy (non-hydrogen) atoms. The fourth-order valence-electron chi connectivity index (χ4n) is 5.04. The maximum atomic E-state index is 13.4. The topological polar surface area (TPSA) is 170 Å². The lowest BCUT2D eigenvalue weighted by Crippen LogP contribution is -2.54. The van der Waals surface area contributed by atoms with Crippen LogP contribution in [0.1, 0.15) is 68.7 Å². The van der Waals surface area contributed by atoms with Crippen LogP contribution in [0.5, 0.6) is 0 Å². The van der Waals surface area contributed by atoms with Gasteiger partial charge in [0.05, 0.1) is 22.6 Å². The molecule has 0 saturated carbocycles. The molecule has 1 saturated heterocycles. The molecule has 0 amide bonds. The second kappa shape index (κ2) is 15.6. The van der Waals surface area contributed by atoms with Gasteiger partial charge in [-0.1, -0.05) is 43.3 Å². The molecule has 1 fully saturated rings. The summed E-state index contributed by atoms with van der Waals surface area (Å²) in [6, 6.07) is 13.7. The summed E-state index contributed by atoms with van der Waals surface area (Å²) in [5, 5.41) is 0. The van der Waals surface area contributed by atoms with Crippen LogP contribution in [-0.2, 0) is 57.5 Å². The number of rotatable bonds is 14. The van der Waals surface area contributed by atoms with Crippen LogP contribution in [0.15, 0.2) is 53.4 Å². The predicted molar refractivity (Wildman–Crippen MR) is 175 cm³/mol. The average Bonchev–Trinajstić information content (AvgIpc) is 3.21. The van der Waals surface area contributed by atoms with Crippen molar-refractivity contribution in [3.8, 4) is 11.1 Å². The molecular weight excluding hydrogens is 645 g/mol. The Balaban J connectivity index is 1.82. The van der Waals surface area contributed by atoms with E-state index >= 15 is 0 Å². The number of carbonyl (C=O) groups is 4. The Morgan fingerprint density at radius 3 is 1.50 bits per heavy atom. The van der Waals surface area contributed by atoms with Gasteiger partial charge in [0.1, 0.15) is 6.10 Å². The van der Waals surface area contributed by atoms with Crippen LogP contribution in [0, 0.1) is 0 Å². The summed E-state index contributed by atoms with van der Waals surface area (Å²) < 4.78 is 62.8. The molecule has 1 N–H and O–H groups in total. The van der Waals surface area contributed by atoms with E-state index < -0.39 is 83.2 Å². The first-order valence-electron chi connectivity index (χ1n) is 15.5. The average molecular weight is 690 g/mol. The summed E-state index contributed by atoms with van der Waals surface area (Å²) in [5.41, 5.74) is 1.49. The SMILES string of the molecule is CC[C@@H](OC(C)=O)[C@@H](OC(C)=O)[C@H](OC(C)=O)[C@H](CNS(=O)(=O)c1ccc(-c2ccc(B3OC(C)(C)C(C)(C)O3)cc2)cc1)OC(C)=O. The molecule has 262 valence electrons. The van der Waals surface area contributed by atoms with Gasteiger partial charge in [-0.25, -0.2) is 13.1 Å². The third-order valence-corrected chi connectivity index (χ3v) is 9.55. The standard InChI is InChI=1S/C33H44BNO12S/c1-10-28(42-20(2)36)30(44-22(4)38)31(45-23(5)39)29(43-21(3)37)19-35-48(40,41)27-17-13-25(14-18-27)24-11-15-26(16-12-24)34-46-32(6,7)33(8,9)47-34/h11-18,28-31,35H,10,19H2,1-9H3/t28-,29+,30-,31-/m1/s1. The minimum Gasteiger partial charge on any atom is -0.458 e. The van der Waals surface area contributed by atoms with Crippen LogP contribution in [0.2, 0.25) is 0 Å². The Kier molecular flexibility index (Phi) is 12.6. The van der Waals surface area contributed by atoms with Gasteiger partial charge in [0, 0.05) is 27.7 Å². The summed E-state index contributed by atoms with van der Waals surface area (Å²) in [4.78, 5) is 47.9. The van der Waals surface area contributed by atoms with Crippen molar-refractivity contribution >= 4 is 46.5 Å². The molecule has 0 unspecified atom stereocenters. The third-order valence-electron chi connectivity index (χ3n) is 8.11. The summed E-state index contributed by atoms with van der Waals surface area (Å²) >= 11 is 0. The van der Waals surface area contributed by atoms with Gasteiger partial charge >= 0.3 is 31.0 Å². The zero-order chi connectivity index (χ0) is 36.0. The molecule has 4 atom stereocenters. The van der Waals surface area contributed by atoms with Crippen LogP contribution in [0.3, 0.4) is 0 Å². The highest BCUT2D eigenvalue weighted by molar-refractivity contribution is 7.89. The van der Waals surface area contributed by atoms with E-state index in [1.807, 2.05) is 52.0 Å². The number of hydrogen-bond acceptors (Lipinski definition) is 12. The Morgan fingerprint density at radius 2 is 1.08 bits per heavy atom. The van der Waals surface area contributed by atoms with Gasteiger partial charge in [-0.05, 0) is 62.8 Å². The molecule has 1 aliphatic heterocycles. The second-order valence-electron chi connectivity index (χ2n) is 12.4. The van der Waals surface area contributed by atoms with Crippen molar-refractivity contribution in [3.63, 3.8) is 0 Å². The minimum absolute atomic E-state index is 0.0893. The van der Waals surface area contributed by atoms with E-state index in [9.17, 15) is 27.6 Å². The van der Waals surface area contributed by atoms with Crippen molar-refractivity contribution in [3.05, 3.63) is 48.5 Å². The van der Waals surface area contributed by atoms with Crippen LogP contribution in [0.25, 0.3) is 11.1 Å². The van der Waals surface area contributed by atoms with E-state index in [2.05, 4.69) is 4.72 Å². The van der Waals surface area contributed by atoms with Crippen LogP contribution >= 0.6 is 0 Å². The fourth-order valence-corrected chi connectivity index (χ4v) is 6.08. The highest BCUT2D eigenvalue weighted by atomic mass is 32.2. The van der Waals surface area contributed by atoms with Crippen molar-refractivity contribution < 1.29 is 55.9 Å². The number of benzene rings is 2. The lowest BCUT2D eigenvalue weighted by molar-refractivity contribution is -0.197. The first-order valence-corrected chi connectivity index (χ1v) is 17.0. The fraction of sp³-hybridized carbons (Fsp3) is 0.515. The van der Waals surface area contributed by atoms with Crippen molar-refractivity contribution in [1.29, 1.82) is 0 Å². The molecule has 0 bridgehead atoms. The Hall–Kier alpha value is -3.79. The molecule has 0 aliphatic carbocycles. The first-order chi connectivity index (χ1) is 22.3. The number of nitrogens with one attached hydrogen (secondary N) is 1. The maximum Gasteiger partial charge on any atom is 0.494 e. The predicted octanol–water partition coefficient (Wildman–Crippen LogP) is 3.07. The number of carbonyl (C=O) groups excluding carboxylic acids is 4. The Bertz CT molecular complexity index is 1560. The molecule has 1 aliphatic rings. The molecule has 2 aromatic carbocycles. The number of esters is 4. The monoisotopic (exact) mass is 689 g/mol. The molecular formula is C33H44BNO12S. The third kappa shape index (κ3) is 9.88. The van der Waals surface area contributed by atoms with Crippen LogP contribution < -0.4 is 10.2 Å². The van der Waals surface area contributed by atoms with Gasteiger partial charge in [-0.3, -0.25) is 19.2 Å². The van der Waals surface area contributed by atoms with E-state index in [4.69, 9.17) is 28.3 Å². The molecule has 3 rings (SSSR count). The second-order valence-corrected chi connectivity index (χ2v) is 14.2. The normalized spacial score (nSPS) is 17.8. The summed E-state index contributed by atoms with van der Waals surface area (Å²) in [6.45, 7) is 13.4. The molecule has 0 aromatic heterocycles. The van der Waals surface area contributed by atoms with E-state index in [0.717, 1.165) is 44.3 Å². The zero-order valence-electron chi connectivity index (χ0n) is 28.7. The van der Waals surface area contributed by atoms with Gasteiger partial charge in [0.2, 0.25) is 10.0 Å². The largest absolute Gasteiger partial charge is 0.494 e. The minimum atomic E-state index is -4.19. The van der Waals surface area contributed by atoms with Crippen molar-refractivity contribution in [2.24, 2.45) is 0 Å². The highest BCUT2D eigenvalue weighted by Gasteiger charge is 2.51. The van der Waals surface area contributed by atoms with Gasteiger partial charge in [-0.2, -0.15) is 0 Å². The van der Waals surface area contributed by atoms with E-state index in [1.165, 1.54) is 12.1 Å². The smallest absolute Gasteiger partial charge is 0.458 e. The lowest BCUT2D eigenvalue weighted by Gasteiger charge is -2.35. The van der Waals surface area contributed by atoms with Crippen LogP contribution in [-0.4, -0.2) is 81.6 Å². The van der Waals surface area contributed by atoms with E-state index in [-0.39, 0.29) is 11.3 Å². The summed E-state index contributed by atoms with van der Waals surface area (Å²) in [7, 11) is -4.71. The van der Waals surface area contributed by atoms with Crippen LogP contribution in [0.4, 0.5) is 0 Å². The summed E-state index contributed by atoms with van der Waals surface area (Å²) in [6.07, 6.45) is -5.42. The number of sulfonamides is 1. The lowest BCUT2D eigenvalue weighted by atomic mass is 9.78. The maximum absolute atomic E-state index is 13.4. The Morgan fingerprint density at radius 1 is 0.688 bits per heavy atom.